The third-order valence-corrected chi connectivity index (χ3v) is 3.63. The fraction of sp³-hybridized carbons (Fsp3) is 0.500. The first-order chi connectivity index (χ1) is 7.74. The van der Waals surface area contributed by atoms with E-state index >= 15 is 0 Å². The maximum Gasteiger partial charge on any atom is 0.211 e. The van der Waals surface area contributed by atoms with Gasteiger partial charge in [-0.15, -0.1) is 0 Å². The molecule has 1 amide bonds. The zero-order valence-electron chi connectivity index (χ0n) is 9.94. The Kier molecular flexibility index (Phi) is 3.28. The lowest BCUT2D eigenvalue weighted by molar-refractivity contribution is -0.108. The molecule has 0 aromatic carbocycles. The van der Waals surface area contributed by atoms with Crippen molar-refractivity contribution in [1.29, 1.82) is 0 Å². The Hall–Kier alpha value is -1.31. The third-order valence-electron chi connectivity index (χ3n) is 3.63. The summed E-state index contributed by atoms with van der Waals surface area (Å²) >= 11 is 0. The van der Waals surface area contributed by atoms with Crippen molar-refractivity contribution in [3.8, 4) is 0 Å². The Morgan fingerprint density at radius 3 is 2.50 bits per heavy atom. The van der Waals surface area contributed by atoms with Gasteiger partial charge in [-0.25, -0.2) is 0 Å². The topological polar surface area (TPSA) is 29.1 Å². The number of carbonyl (C=O) groups excluding carboxylic acids is 1. The van der Waals surface area contributed by atoms with Crippen LogP contribution in [0.3, 0.4) is 0 Å². The lowest BCUT2D eigenvalue weighted by Gasteiger charge is -2.13. The summed E-state index contributed by atoms with van der Waals surface area (Å²) in [6.07, 6.45) is 7.58. The molecule has 1 fully saturated rings. The van der Waals surface area contributed by atoms with E-state index in [1.54, 1.807) is 0 Å². The summed E-state index contributed by atoms with van der Waals surface area (Å²) < 4.78 is 0. The summed E-state index contributed by atoms with van der Waals surface area (Å²) in [5, 5.41) is 2.91. The predicted molar refractivity (Wildman–Crippen MR) is 65.8 cm³/mol. The molecule has 2 heteroatoms. The maximum absolute atomic E-state index is 10.7. The van der Waals surface area contributed by atoms with Gasteiger partial charge in [-0.2, -0.15) is 0 Å². The minimum atomic E-state index is 0.798. The van der Waals surface area contributed by atoms with Crippen molar-refractivity contribution in [1.82, 2.24) is 5.32 Å². The van der Waals surface area contributed by atoms with Crippen LogP contribution in [0.25, 0.3) is 0 Å². The van der Waals surface area contributed by atoms with Crippen LogP contribution >= 0.6 is 0 Å². The van der Waals surface area contributed by atoms with Gasteiger partial charge in [-0.3, -0.25) is 4.79 Å². The number of amides is 1. The molecule has 16 heavy (non-hydrogen) atoms. The van der Waals surface area contributed by atoms with Crippen molar-refractivity contribution in [2.75, 3.05) is 0 Å². The van der Waals surface area contributed by atoms with E-state index in [1.807, 2.05) is 0 Å². The fourth-order valence-electron chi connectivity index (χ4n) is 2.76. The molecule has 0 spiro atoms. The molecule has 0 aromatic rings. The molecule has 2 aliphatic rings. The second kappa shape index (κ2) is 4.69. The predicted octanol–water partition coefficient (Wildman–Crippen LogP) is 3.23. The van der Waals surface area contributed by atoms with Crippen molar-refractivity contribution >= 4 is 6.41 Å². The first-order valence-electron chi connectivity index (χ1n) is 6.04. The van der Waals surface area contributed by atoms with Crippen molar-refractivity contribution in [2.24, 2.45) is 0 Å². The Bertz CT molecular complexity index is 388. The highest BCUT2D eigenvalue weighted by atomic mass is 16.1. The van der Waals surface area contributed by atoms with Gasteiger partial charge < -0.3 is 5.32 Å². The number of nitrogens with one attached hydrogen (secondary N) is 1. The smallest absolute Gasteiger partial charge is 0.211 e. The van der Waals surface area contributed by atoms with Crippen LogP contribution < -0.4 is 5.32 Å². The lowest BCUT2D eigenvalue weighted by Crippen LogP contribution is -2.15. The highest BCUT2D eigenvalue weighted by Crippen LogP contribution is 2.37. The number of hydrogen-bond donors (Lipinski definition) is 1. The Labute approximate surface area is 97.1 Å². The molecule has 86 valence electrons. The number of hydrogen-bond acceptors (Lipinski definition) is 1. The fourth-order valence-corrected chi connectivity index (χ4v) is 2.76. The monoisotopic (exact) mass is 217 g/mol. The van der Waals surface area contributed by atoms with E-state index in [0.29, 0.717) is 0 Å². The van der Waals surface area contributed by atoms with Gasteiger partial charge in [0.2, 0.25) is 6.41 Å². The van der Waals surface area contributed by atoms with Gasteiger partial charge in [0.1, 0.15) is 0 Å². The average molecular weight is 217 g/mol. The maximum atomic E-state index is 10.7. The summed E-state index contributed by atoms with van der Waals surface area (Å²) in [5.41, 5.74) is 6.33. The summed E-state index contributed by atoms with van der Waals surface area (Å²) in [5.74, 6) is 0. The number of rotatable bonds is 3. The molecule has 2 nitrogen and oxygen atoms in total. The zero-order chi connectivity index (χ0) is 11.5. The van der Waals surface area contributed by atoms with Crippen LogP contribution in [0, 0.1) is 0 Å². The molecular weight excluding hydrogens is 198 g/mol. The molecular formula is C14H19NO. The SMILES string of the molecule is C=C1CCC/C1=C(\NC=O)C1=C(C)CCC1. The van der Waals surface area contributed by atoms with Crippen molar-refractivity contribution in [3.05, 3.63) is 34.6 Å². The zero-order valence-corrected chi connectivity index (χ0v) is 9.94. The minimum Gasteiger partial charge on any atom is -0.328 e. The first-order valence-corrected chi connectivity index (χ1v) is 6.04. The van der Waals surface area contributed by atoms with Gasteiger partial charge in [0.25, 0.3) is 0 Å². The van der Waals surface area contributed by atoms with E-state index in [-0.39, 0.29) is 0 Å². The number of allylic oxidation sites excluding steroid dienone is 4. The molecule has 2 rings (SSSR count). The molecule has 1 N–H and O–H groups in total. The summed E-state index contributed by atoms with van der Waals surface area (Å²) in [6, 6.07) is 0. The Balaban J connectivity index is 2.40. The van der Waals surface area contributed by atoms with Gasteiger partial charge in [-0.1, -0.05) is 12.2 Å². The molecule has 0 atom stereocenters. The quantitative estimate of drug-likeness (QED) is 0.722. The highest BCUT2D eigenvalue weighted by molar-refractivity contribution is 5.58. The van der Waals surface area contributed by atoms with Gasteiger partial charge in [0.05, 0.1) is 0 Å². The van der Waals surface area contributed by atoms with Crippen molar-refractivity contribution in [3.63, 3.8) is 0 Å². The Morgan fingerprint density at radius 1 is 1.25 bits per heavy atom. The molecule has 0 saturated heterocycles. The molecule has 0 radical (unpaired) electrons. The van der Waals surface area contributed by atoms with Gasteiger partial charge >= 0.3 is 0 Å². The van der Waals surface area contributed by atoms with E-state index in [4.69, 9.17) is 0 Å². The van der Waals surface area contributed by atoms with Crippen molar-refractivity contribution in [2.45, 2.75) is 45.4 Å². The Morgan fingerprint density at radius 2 is 2.00 bits per heavy atom. The van der Waals surface area contributed by atoms with Crippen LogP contribution in [0.15, 0.2) is 34.6 Å². The first kappa shape index (κ1) is 11.2. The molecule has 0 unspecified atom stereocenters. The third kappa shape index (κ3) is 1.97. The highest BCUT2D eigenvalue weighted by Gasteiger charge is 2.22. The molecule has 0 bridgehead atoms. The van der Waals surface area contributed by atoms with Crippen LogP contribution in [-0.4, -0.2) is 6.41 Å². The summed E-state index contributed by atoms with van der Waals surface area (Å²) in [4.78, 5) is 10.7. The normalized spacial score (nSPS) is 23.9. The standard InChI is InChI=1S/C14H19NO/c1-10-5-3-7-12(10)14(15-9-16)13-8-4-6-11(13)2/h9H,1,3-8H2,2H3,(H,15,16)/b14-12+. The van der Waals surface area contributed by atoms with Gasteiger partial charge in [0.15, 0.2) is 0 Å². The molecule has 1 saturated carbocycles. The largest absolute Gasteiger partial charge is 0.328 e. The van der Waals surface area contributed by atoms with E-state index < -0.39 is 0 Å². The van der Waals surface area contributed by atoms with E-state index in [0.717, 1.165) is 31.4 Å². The van der Waals surface area contributed by atoms with Gasteiger partial charge in [0, 0.05) is 5.70 Å². The average Bonchev–Trinajstić information content (AvgIpc) is 2.84. The lowest BCUT2D eigenvalue weighted by atomic mass is 10.0. The van der Waals surface area contributed by atoms with Crippen LogP contribution in [-0.2, 0) is 4.79 Å². The molecule has 0 aliphatic heterocycles. The van der Waals surface area contributed by atoms with Crippen molar-refractivity contribution < 1.29 is 4.79 Å². The van der Waals surface area contributed by atoms with E-state index in [2.05, 4.69) is 18.8 Å². The molecule has 2 aliphatic carbocycles. The minimum absolute atomic E-state index is 0.798. The van der Waals surface area contributed by atoms with Gasteiger partial charge in [-0.05, 0) is 62.2 Å². The molecule has 0 aromatic heterocycles. The van der Waals surface area contributed by atoms with Crippen LogP contribution in [0.2, 0.25) is 0 Å². The van der Waals surface area contributed by atoms with Crippen LogP contribution in [0.1, 0.15) is 45.4 Å². The summed E-state index contributed by atoms with van der Waals surface area (Å²) in [7, 11) is 0. The van der Waals surface area contributed by atoms with E-state index in [1.165, 1.54) is 41.6 Å². The van der Waals surface area contributed by atoms with Crippen LogP contribution in [0.5, 0.6) is 0 Å². The second-order valence-corrected chi connectivity index (χ2v) is 4.69. The number of carbonyl (C=O) groups is 1. The van der Waals surface area contributed by atoms with E-state index in [9.17, 15) is 4.79 Å². The second-order valence-electron chi connectivity index (χ2n) is 4.69. The summed E-state index contributed by atoms with van der Waals surface area (Å²) in [6.45, 7) is 6.27. The van der Waals surface area contributed by atoms with Crippen LogP contribution in [0.4, 0.5) is 0 Å². The molecule has 0 heterocycles.